The second-order valence-corrected chi connectivity index (χ2v) is 7.29. The summed E-state index contributed by atoms with van der Waals surface area (Å²) in [5.74, 6) is 0.958. The van der Waals surface area contributed by atoms with E-state index in [2.05, 4.69) is 32.7 Å². The quantitative estimate of drug-likeness (QED) is 0.833. The highest BCUT2D eigenvalue weighted by atomic mass is 16.3. The van der Waals surface area contributed by atoms with Crippen molar-refractivity contribution >= 4 is 0 Å². The average molecular weight is 253 g/mol. The zero-order valence-corrected chi connectivity index (χ0v) is 12.7. The third-order valence-corrected chi connectivity index (χ3v) is 5.74. The SMILES string of the molecule is CCC1CCC(N(C)C2CCC(C)(C)C2O)CC1. The highest BCUT2D eigenvalue weighted by Crippen LogP contribution is 2.41. The molecule has 1 N–H and O–H groups in total. The van der Waals surface area contributed by atoms with Crippen molar-refractivity contribution < 1.29 is 5.11 Å². The second-order valence-electron chi connectivity index (χ2n) is 7.29. The van der Waals surface area contributed by atoms with Crippen molar-refractivity contribution in [3.05, 3.63) is 0 Å². The van der Waals surface area contributed by atoms with Crippen LogP contribution in [0.1, 0.15) is 65.7 Å². The van der Waals surface area contributed by atoms with Crippen molar-refractivity contribution in [3.63, 3.8) is 0 Å². The second kappa shape index (κ2) is 5.50. The smallest absolute Gasteiger partial charge is 0.0746 e. The standard InChI is InChI=1S/C16H31NO/c1-5-12-6-8-13(9-7-12)17(4)14-10-11-16(2,3)15(14)18/h12-15,18H,5-11H2,1-4H3. The number of aliphatic hydroxyl groups excluding tert-OH is 1. The maximum Gasteiger partial charge on any atom is 0.0746 e. The molecule has 0 bridgehead atoms. The molecule has 0 amide bonds. The molecule has 2 saturated carbocycles. The van der Waals surface area contributed by atoms with Gasteiger partial charge in [0.15, 0.2) is 0 Å². The third kappa shape index (κ3) is 2.75. The molecule has 2 heteroatoms. The lowest BCUT2D eigenvalue weighted by Gasteiger charge is -2.40. The fraction of sp³-hybridized carbons (Fsp3) is 1.00. The largest absolute Gasteiger partial charge is 0.391 e. The summed E-state index contributed by atoms with van der Waals surface area (Å²) in [5, 5.41) is 10.5. The zero-order chi connectivity index (χ0) is 13.3. The van der Waals surface area contributed by atoms with Crippen molar-refractivity contribution in [2.75, 3.05) is 7.05 Å². The van der Waals surface area contributed by atoms with Gasteiger partial charge in [0.2, 0.25) is 0 Å². The summed E-state index contributed by atoms with van der Waals surface area (Å²) in [6.07, 6.45) is 8.96. The van der Waals surface area contributed by atoms with Crippen LogP contribution in [0.4, 0.5) is 0 Å². The summed E-state index contributed by atoms with van der Waals surface area (Å²) in [7, 11) is 2.24. The topological polar surface area (TPSA) is 23.5 Å². The van der Waals surface area contributed by atoms with Gasteiger partial charge in [-0.2, -0.15) is 0 Å². The Morgan fingerprint density at radius 2 is 1.72 bits per heavy atom. The Balaban J connectivity index is 1.91. The molecule has 0 spiro atoms. The Hall–Kier alpha value is -0.0800. The van der Waals surface area contributed by atoms with Crippen molar-refractivity contribution in [2.45, 2.75) is 83.9 Å². The molecule has 2 atom stereocenters. The molecule has 0 saturated heterocycles. The molecule has 2 rings (SSSR count). The molecule has 0 heterocycles. The van der Waals surface area contributed by atoms with E-state index in [1.54, 1.807) is 0 Å². The van der Waals surface area contributed by atoms with Crippen LogP contribution < -0.4 is 0 Å². The lowest BCUT2D eigenvalue weighted by atomic mass is 9.83. The van der Waals surface area contributed by atoms with Crippen LogP contribution in [-0.2, 0) is 0 Å². The number of hydrogen-bond acceptors (Lipinski definition) is 2. The van der Waals surface area contributed by atoms with E-state index in [0.29, 0.717) is 12.1 Å². The first kappa shape index (κ1) is 14.3. The van der Waals surface area contributed by atoms with E-state index in [-0.39, 0.29) is 11.5 Å². The van der Waals surface area contributed by atoms with Gasteiger partial charge in [-0.3, -0.25) is 4.90 Å². The third-order valence-electron chi connectivity index (χ3n) is 5.74. The molecule has 0 aromatic carbocycles. The first-order valence-electron chi connectivity index (χ1n) is 7.85. The van der Waals surface area contributed by atoms with E-state index < -0.39 is 0 Å². The zero-order valence-electron chi connectivity index (χ0n) is 12.7. The van der Waals surface area contributed by atoms with Crippen LogP contribution in [0.3, 0.4) is 0 Å². The molecule has 0 radical (unpaired) electrons. The number of nitrogens with zero attached hydrogens (tertiary/aromatic N) is 1. The van der Waals surface area contributed by atoms with Gasteiger partial charge in [-0.25, -0.2) is 0 Å². The fourth-order valence-electron chi connectivity index (χ4n) is 4.00. The first-order valence-corrected chi connectivity index (χ1v) is 7.85. The van der Waals surface area contributed by atoms with Gasteiger partial charge in [-0.1, -0.05) is 27.2 Å². The van der Waals surface area contributed by atoms with Crippen LogP contribution in [0.25, 0.3) is 0 Å². The highest BCUT2D eigenvalue weighted by Gasteiger charge is 2.44. The minimum absolute atomic E-state index is 0.111. The predicted molar refractivity (Wildman–Crippen MR) is 76.6 cm³/mol. The van der Waals surface area contributed by atoms with E-state index in [9.17, 15) is 5.11 Å². The summed E-state index contributed by atoms with van der Waals surface area (Å²) in [6, 6.07) is 1.10. The molecule has 2 unspecified atom stereocenters. The molecule has 18 heavy (non-hydrogen) atoms. The fourth-order valence-corrected chi connectivity index (χ4v) is 4.00. The van der Waals surface area contributed by atoms with Gasteiger partial charge in [0, 0.05) is 12.1 Å². The minimum Gasteiger partial charge on any atom is -0.391 e. The summed E-state index contributed by atoms with van der Waals surface area (Å²) in [4.78, 5) is 2.51. The van der Waals surface area contributed by atoms with Gasteiger partial charge < -0.3 is 5.11 Å². The Labute approximate surface area is 113 Å². The maximum absolute atomic E-state index is 10.5. The van der Waals surface area contributed by atoms with Crippen molar-refractivity contribution in [2.24, 2.45) is 11.3 Å². The maximum atomic E-state index is 10.5. The van der Waals surface area contributed by atoms with E-state index >= 15 is 0 Å². The normalized spacial score (nSPS) is 40.3. The van der Waals surface area contributed by atoms with Crippen LogP contribution in [-0.4, -0.2) is 35.2 Å². The molecule has 2 aliphatic carbocycles. The van der Waals surface area contributed by atoms with Gasteiger partial charge in [0.1, 0.15) is 0 Å². The van der Waals surface area contributed by atoms with Crippen molar-refractivity contribution in [3.8, 4) is 0 Å². The van der Waals surface area contributed by atoms with Gasteiger partial charge in [0.25, 0.3) is 0 Å². The number of aliphatic hydroxyl groups is 1. The first-order chi connectivity index (χ1) is 8.45. The van der Waals surface area contributed by atoms with Crippen LogP contribution in [0.15, 0.2) is 0 Å². The van der Waals surface area contributed by atoms with Crippen LogP contribution in [0.5, 0.6) is 0 Å². The van der Waals surface area contributed by atoms with Gasteiger partial charge >= 0.3 is 0 Å². The summed E-state index contributed by atoms with van der Waals surface area (Å²) < 4.78 is 0. The molecule has 0 aromatic rings. The Bertz CT molecular complexity index is 268. The molecule has 2 fully saturated rings. The monoisotopic (exact) mass is 253 g/mol. The summed E-state index contributed by atoms with van der Waals surface area (Å²) in [5.41, 5.74) is 0.111. The molecule has 106 valence electrons. The number of likely N-dealkylation sites (N-methyl/N-ethyl adjacent to an activating group) is 1. The Morgan fingerprint density at radius 3 is 2.17 bits per heavy atom. The van der Waals surface area contributed by atoms with E-state index in [4.69, 9.17) is 0 Å². The van der Waals surface area contributed by atoms with Gasteiger partial charge in [-0.05, 0) is 56.9 Å². The van der Waals surface area contributed by atoms with E-state index in [1.807, 2.05) is 0 Å². The van der Waals surface area contributed by atoms with Crippen LogP contribution in [0, 0.1) is 11.3 Å². The summed E-state index contributed by atoms with van der Waals surface area (Å²) in [6.45, 7) is 6.73. The molecule has 0 aromatic heterocycles. The molecule has 2 aliphatic rings. The van der Waals surface area contributed by atoms with E-state index in [0.717, 1.165) is 12.3 Å². The van der Waals surface area contributed by atoms with Crippen molar-refractivity contribution in [1.82, 2.24) is 4.90 Å². The highest BCUT2D eigenvalue weighted by molar-refractivity contribution is 4.97. The van der Waals surface area contributed by atoms with Crippen LogP contribution in [0.2, 0.25) is 0 Å². The molecular weight excluding hydrogens is 222 g/mol. The van der Waals surface area contributed by atoms with Gasteiger partial charge in [0.05, 0.1) is 6.10 Å². The molecule has 2 nitrogen and oxygen atoms in total. The van der Waals surface area contributed by atoms with Crippen LogP contribution >= 0.6 is 0 Å². The Kier molecular flexibility index (Phi) is 4.38. The minimum atomic E-state index is -0.147. The van der Waals surface area contributed by atoms with Crippen molar-refractivity contribution in [1.29, 1.82) is 0 Å². The molecule has 0 aliphatic heterocycles. The number of rotatable bonds is 3. The van der Waals surface area contributed by atoms with E-state index in [1.165, 1.54) is 38.5 Å². The molecular formula is C16H31NO. The van der Waals surface area contributed by atoms with Gasteiger partial charge in [-0.15, -0.1) is 0 Å². The summed E-state index contributed by atoms with van der Waals surface area (Å²) >= 11 is 0. The lowest BCUT2D eigenvalue weighted by Crippen LogP contribution is -2.48. The predicted octanol–water partition coefficient (Wildman–Crippen LogP) is 3.44. The number of hydrogen-bond donors (Lipinski definition) is 1. The lowest BCUT2D eigenvalue weighted by molar-refractivity contribution is 0.000971. The Morgan fingerprint density at radius 1 is 1.11 bits per heavy atom. The average Bonchev–Trinajstić information content (AvgIpc) is 2.64.